The number of hydrogen-bond acceptors (Lipinski definition) is 3. The van der Waals surface area contributed by atoms with Gasteiger partial charge in [0.05, 0.1) is 11.0 Å². The molecule has 0 spiro atoms. The molecule has 19 heavy (non-hydrogen) atoms. The molecule has 0 amide bonds. The lowest BCUT2D eigenvalue weighted by atomic mass is 9.85. The van der Waals surface area contributed by atoms with Crippen LogP contribution in [0.2, 0.25) is 0 Å². The minimum Gasteiger partial charge on any atom is -0.392 e. The van der Waals surface area contributed by atoms with Crippen LogP contribution in [0.25, 0.3) is 0 Å². The monoisotopic (exact) mass is 285 g/mol. The molecule has 0 radical (unpaired) electrons. The molecule has 0 saturated heterocycles. The van der Waals surface area contributed by atoms with E-state index in [1.807, 2.05) is 20.8 Å². The van der Waals surface area contributed by atoms with Gasteiger partial charge in [0.25, 0.3) is 0 Å². The Morgan fingerprint density at radius 3 is 2.21 bits per heavy atom. The second kappa shape index (κ2) is 5.61. The third-order valence-electron chi connectivity index (χ3n) is 3.14. The van der Waals surface area contributed by atoms with Gasteiger partial charge in [-0.3, -0.25) is 0 Å². The number of sulfonamides is 1. The summed E-state index contributed by atoms with van der Waals surface area (Å²) >= 11 is 0. The van der Waals surface area contributed by atoms with Crippen LogP contribution >= 0.6 is 0 Å². The number of rotatable bonds is 4. The van der Waals surface area contributed by atoms with Crippen molar-refractivity contribution in [2.24, 2.45) is 5.41 Å². The van der Waals surface area contributed by atoms with Crippen LogP contribution in [0.1, 0.15) is 26.3 Å². The van der Waals surface area contributed by atoms with E-state index in [0.29, 0.717) is 12.0 Å². The maximum atomic E-state index is 12.2. The molecule has 1 atom stereocenters. The molecule has 0 bridgehead atoms. The summed E-state index contributed by atoms with van der Waals surface area (Å²) in [5.74, 6) is 0. The summed E-state index contributed by atoms with van der Waals surface area (Å²) in [5.41, 5.74) is 0.369. The van der Waals surface area contributed by atoms with Gasteiger partial charge in [0.1, 0.15) is 0 Å². The Balaban J connectivity index is 3.18. The molecule has 1 unspecified atom stereocenters. The number of aliphatic hydroxyl groups excluding tert-OH is 1. The van der Waals surface area contributed by atoms with Gasteiger partial charge >= 0.3 is 0 Å². The molecule has 0 saturated carbocycles. The first-order valence-electron chi connectivity index (χ1n) is 6.25. The molecule has 0 aliphatic carbocycles. The molecule has 1 rings (SSSR count). The zero-order chi connectivity index (χ0) is 14.8. The summed E-state index contributed by atoms with van der Waals surface area (Å²) in [6.45, 7) is 5.79. The van der Waals surface area contributed by atoms with Gasteiger partial charge in [-0.1, -0.05) is 39.0 Å². The van der Waals surface area contributed by atoms with Crippen molar-refractivity contribution in [1.82, 2.24) is 4.31 Å². The molecule has 0 aliphatic heterocycles. The van der Waals surface area contributed by atoms with Gasteiger partial charge in [-0.2, -0.15) is 0 Å². The molecule has 1 N–H and O–H groups in total. The van der Waals surface area contributed by atoms with E-state index in [2.05, 4.69) is 0 Å². The number of benzene rings is 1. The molecule has 0 fully saturated rings. The Morgan fingerprint density at radius 2 is 1.74 bits per heavy atom. The predicted molar refractivity (Wildman–Crippen MR) is 76.5 cm³/mol. The molecule has 0 aromatic heterocycles. The summed E-state index contributed by atoms with van der Waals surface area (Å²) in [4.78, 5) is 0.267. The lowest BCUT2D eigenvalue weighted by molar-refractivity contribution is 0.0630. The molecule has 1 aromatic carbocycles. The van der Waals surface area contributed by atoms with Gasteiger partial charge < -0.3 is 5.11 Å². The van der Waals surface area contributed by atoms with Crippen molar-refractivity contribution < 1.29 is 13.5 Å². The Morgan fingerprint density at radius 1 is 1.21 bits per heavy atom. The van der Waals surface area contributed by atoms with Crippen molar-refractivity contribution in [3.05, 3.63) is 29.8 Å². The number of nitrogens with zero attached hydrogens (tertiary/aromatic N) is 1. The maximum absolute atomic E-state index is 12.2. The fourth-order valence-electron chi connectivity index (χ4n) is 1.64. The van der Waals surface area contributed by atoms with E-state index in [4.69, 9.17) is 0 Å². The fourth-order valence-corrected chi connectivity index (χ4v) is 2.76. The first-order valence-corrected chi connectivity index (χ1v) is 7.69. The number of aliphatic hydroxyl groups is 1. The number of hydrogen-bond donors (Lipinski definition) is 1. The molecular formula is C14H23NO3S. The minimum absolute atomic E-state index is 0.267. The van der Waals surface area contributed by atoms with Gasteiger partial charge in [-0.05, 0) is 17.0 Å². The molecule has 1 aromatic rings. The van der Waals surface area contributed by atoms with Crippen molar-refractivity contribution >= 4 is 10.0 Å². The van der Waals surface area contributed by atoms with E-state index < -0.39 is 16.1 Å². The fraction of sp³-hybridized carbons (Fsp3) is 0.571. The Hall–Kier alpha value is -0.910. The SMILES string of the molecule is CN(C)S(=O)(=O)c1ccccc1CC(O)C(C)(C)C. The van der Waals surface area contributed by atoms with Gasteiger partial charge in [-0.15, -0.1) is 0 Å². The summed E-state index contributed by atoms with van der Waals surface area (Å²) in [6.07, 6.45) is -0.266. The van der Waals surface area contributed by atoms with Gasteiger partial charge in [0.2, 0.25) is 10.0 Å². The van der Waals surface area contributed by atoms with Crippen molar-refractivity contribution in [2.75, 3.05) is 14.1 Å². The summed E-state index contributed by atoms with van der Waals surface area (Å²) in [6, 6.07) is 6.83. The molecule has 0 heterocycles. The van der Waals surface area contributed by atoms with Crippen molar-refractivity contribution in [3.8, 4) is 0 Å². The Bertz CT molecular complexity index is 530. The summed E-state index contributed by atoms with van der Waals surface area (Å²) in [5, 5.41) is 10.2. The van der Waals surface area contributed by atoms with Gasteiger partial charge in [-0.25, -0.2) is 12.7 Å². The lowest BCUT2D eigenvalue weighted by Gasteiger charge is -2.26. The normalized spacial score (nSPS) is 14.7. The average molecular weight is 285 g/mol. The quantitative estimate of drug-likeness (QED) is 0.919. The van der Waals surface area contributed by atoms with E-state index >= 15 is 0 Å². The van der Waals surface area contributed by atoms with Crippen LogP contribution in [0, 0.1) is 5.41 Å². The summed E-state index contributed by atoms with van der Waals surface area (Å²) < 4.78 is 25.6. The summed E-state index contributed by atoms with van der Waals surface area (Å²) in [7, 11) is -0.464. The highest BCUT2D eigenvalue weighted by molar-refractivity contribution is 7.89. The predicted octanol–water partition coefficient (Wildman–Crippen LogP) is 1.89. The van der Waals surface area contributed by atoms with E-state index in [1.165, 1.54) is 18.4 Å². The minimum atomic E-state index is -3.48. The van der Waals surface area contributed by atoms with Crippen LogP contribution in [-0.4, -0.2) is 38.0 Å². The standard InChI is InChI=1S/C14H23NO3S/c1-14(2,3)13(16)10-11-8-6-7-9-12(11)19(17,18)15(4)5/h6-9,13,16H,10H2,1-5H3. The van der Waals surface area contributed by atoms with Gasteiger partial charge in [0.15, 0.2) is 0 Å². The van der Waals surface area contributed by atoms with Crippen molar-refractivity contribution in [1.29, 1.82) is 0 Å². The van der Waals surface area contributed by atoms with Crippen LogP contribution in [0.3, 0.4) is 0 Å². The third kappa shape index (κ3) is 3.78. The molecular weight excluding hydrogens is 262 g/mol. The highest BCUT2D eigenvalue weighted by Gasteiger charge is 2.26. The molecule has 4 nitrogen and oxygen atoms in total. The van der Waals surface area contributed by atoms with Gasteiger partial charge in [0, 0.05) is 20.5 Å². The third-order valence-corrected chi connectivity index (χ3v) is 5.06. The Kier molecular flexibility index (Phi) is 4.76. The van der Waals surface area contributed by atoms with E-state index in [9.17, 15) is 13.5 Å². The zero-order valence-corrected chi connectivity index (χ0v) is 13.0. The highest BCUT2D eigenvalue weighted by atomic mass is 32.2. The topological polar surface area (TPSA) is 57.6 Å². The van der Waals surface area contributed by atoms with E-state index in [0.717, 1.165) is 0 Å². The second-order valence-corrected chi connectivity index (χ2v) is 8.10. The lowest BCUT2D eigenvalue weighted by Crippen LogP contribution is -2.30. The molecule has 108 valence electrons. The first kappa shape index (κ1) is 16.1. The van der Waals surface area contributed by atoms with Crippen LogP contribution in [0.15, 0.2) is 29.2 Å². The largest absolute Gasteiger partial charge is 0.392 e. The van der Waals surface area contributed by atoms with E-state index in [-0.39, 0.29) is 10.3 Å². The van der Waals surface area contributed by atoms with Crippen LogP contribution in [0.4, 0.5) is 0 Å². The average Bonchev–Trinajstić information content (AvgIpc) is 2.28. The van der Waals surface area contributed by atoms with Crippen molar-refractivity contribution in [3.63, 3.8) is 0 Å². The van der Waals surface area contributed by atoms with Crippen molar-refractivity contribution in [2.45, 2.75) is 38.2 Å². The van der Waals surface area contributed by atoms with E-state index in [1.54, 1.807) is 24.3 Å². The highest BCUT2D eigenvalue weighted by Crippen LogP contribution is 2.26. The molecule has 0 aliphatic rings. The smallest absolute Gasteiger partial charge is 0.242 e. The Labute approximate surface area is 116 Å². The van der Waals surface area contributed by atoms with Crippen LogP contribution in [0.5, 0.6) is 0 Å². The zero-order valence-electron chi connectivity index (χ0n) is 12.2. The first-order chi connectivity index (χ1) is 8.56. The second-order valence-electron chi connectivity index (χ2n) is 5.98. The van der Waals surface area contributed by atoms with Crippen LogP contribution in [-0.2, 0) is 16.4 Å². The van der Waals surface area contributed by atoms with Crippen LogP contribution < -0.4 is 0 Å². The molecule has 5 heteroatoms. The maximum Gasteiger partial charge on any atom is 0.242 e.